The lowest BCUT2D eigenvalue weighted by Crippen LogP contribution is -2.25. The van der Waals surface area contributed by atoms with Crippen molar-refractivity contribution in [3.8, 4) is 0 Å². The SMILES string of the molecule is CCCNC(c1cscc1C)c1c(C)cc(C)cc1C. The van der Waals surface area contributed by atoms with Crippen LogP contribution < -0.4 is 5.32 Å². The van der Waals surface area contributed by atoms with E-state index >= 15 is 0 Å². The van der Waals surface area contributed by atoms with Crippen molar-refractivity contribution in [2.75, 3.05) is 6.54 Å². The van der Waals surface area contributed by atoms with Gasteiger partial charge < -0.3 is 5.32 Å². The first-order valence-corrected chi connectivity index (χ1v) is 8.32. The summed E-state index contributed by atoms with van der Waals surface area (Å²) in [4.78, 5) is 0. The molecule has 1 heterocycles. The molecular weight excluding hydrogens is 262 g/mol. The molecule has 108 valence electrons. The molecule has 1 unspecified atom stereocenters. The number of benzene rings is 1. The van der Waals surface area contributed by atoms with Crippen molar-refractivity contribution in [2.45, 2.75) is 47.1 Å². The Morgan fingerprint density at radius 1 is 1.00 bits per heavy atom. The summed E-state index contributed by atoms with van der Waals surface area (Å²) in [5.74, 6) is 0. The molecule has 2 aromatic rings. The minimum absolute atomic E-state index is 0.321. The van der Waals surface area contributed by atoms with Crippen molar-refractivity contribution in [1.29, 1.82) is 0 Å². The van der Waals surface area contributed by atoms with Gasteiger partial charge >= 0.3 is 0 Å². The van der Waals surface area contributed by atoms with Crippen molar-refractivity contribution >= 4 is 11.3 Å². The van der Waals surface area contributed by atoms with E-state index in [4.69, 9.17) is 0 Å². The monoisotopic (exact) mass is 287 g/mol. The van der Waals surface area contributed by atoms with E-state index in [1.54, 1.807) is 11.3 Å². The Labute approximate surface area is 127 Å². The van der Waals surface area contributed by atoms with Crippen LogP contribution in [0.3, 0.4) is 0 Å². The summed E-state index contributed by atoms with van der Waals surface area (Å²) in [6.45, 7) is 12.1. The van der Waals surface area contributed by atoms with E-state index in [9.17, 15) is 0 Å². The number of rotatable bonds is 5. The van der Waals surface area contributed by atoms with Crippen LogP contribution in [0.5, 0.6) is 0 Å². The molecule has 1 aromatic carbocycles. The Balaban J connectivity index is 2.50. The molecule has 1 atom stereocenters. The minimum atomic E-state index is 0.321. The van der Waals surface area contributed by atoms with Gasteiger partial charge in [-0.15, -0.1) is 0 Å². The summed E-state index contributed by atoms with van der Waals surface area (Å²) < 4.78 is 0. The quantitative estimate of drug-likeness (QED) is 0.809. The molecule has 0 aliphatic heterocycles. The van der Waals surface area contributed by atoms with Crippen molar-refractivity contribution in [3.63, 3.8) is 0 Å². The Bertz CT molecular complexity index is 560. The van der Waals surface area contributed by atoms with E-state index in [2.05, 4.69) is 62.8 Å². The van der Waals surface area contributed by atoms with Crippen LogP contribution in [0.1, 0.15) is 52.8 Å². The van der Waals surface area contributed by atoms with E-state index in [0.717, 1.165) is 13.0 Å². The second kappa shape index (κ2) is 6.55. The predicted molar refractivity (Wildman–Crippen MR) is 89.8 cm³/mol. The molecule has 0 radical (unpaired) electrons. The van der Waals surface area contributed by atoms with E-state index in [-0.39, 0.29) is 0 Å². The van der Waals surface area contributed by atoms with E-state index in [1.165, 1.54) is 33.4 Å². The predicted octanol–water partition coefficient (Wildman–Crippen LogP) is 5.07. The molecule has 0 amide bonds. The normalized spacial score (nSPS) is 12.7. The Kier molecular flexibility index (Phi) is 5.00. The van der Waals surface area contributed by atoms with E-state index in [1.807, 2.05) is 0 Å². The van der Waals surface area contributed by atoms with Gasteiger partial charge in [0.25, 0.3) is 0 Å². The Morgan fingerprint density at radius 2 is 1.65 bits per heavy atom. The maximum atomic E-state index is 3.74. The third kappa shape index (κ3) is 3.13. The number of nitrogens with one attached hydrogen (secondary N) is 1. The van der Waals surface area contributed by atoms with Crippen molar-refractivity contribution in [2.24, 2.45) is 0 Å². The zero-order valence-electron chi connectivity index (χ0n) is 13.2. The van der Waals surface area contributed by atoms with Gasteiger partial charge in [-0.05, 0) is 79.2 Å². The van der Waals surface area contributed by atoms with Crippen molar-refractivity contribution in [3.05, 3.63) is 56.3 Å². The third-order valence-corrected chi connectivity index (χ3v) is 4.71. The second-order valence-electron chi connectivity index (χ2n) is 5.71. The fourth-order valence-corrected chi connectivity index (χ4v) is 3.85. The van der Waals surface area contributed by atoms with Crippen molar-refractivity contribution in [1.82, 2.24) is 5.32 Å². The van der Waals surface area contributed by atoms with Gasteiger partial charge in [-0.1, -0.05) is 24.6 Å². The number of aryl methyl sites for hydroxylation is 4. The first-order chi connectivity index (χ1) is 9.54. The number of thiophene rings is 1. The average Bonchev–Trinajstić information content (AvgIpc) is 2.78. The van der Waals surface area contributed by atoms with Gasteiger partial charge in [0.05, 0.1) is 6.04 Å². The molecule has 0 saturated carbocycles. The highest BCUT2D eigenvalue weighted by Crippen LogP contribution is 2.32. The summed E-state index contributed by atoms with van der Waals surface area (Å²) in [6.07, 6.45) is 1.16. The largest absolute Gasteiger partial charge is 0.306 e. The lowest BCUT2D eigenvalue weighted by molar-refractivity contribution is 0.593. The second-order valence-corrected chi connectivity index (χ2v) is 6.45. The van der Waals surface area contributed by atoms with Gasteiger partial charge in [0.1, 0.15) is 0 Å². The zero-order valence-corrected chi connectivity index (χ0v) is 14.0. The number of hydrogen-bond donors (Lipinski definition) is 1. The molecule has 0 saturated heterocycles. The third-order valence-electron chi connectivity index (χ3n) is 3.83. The van der Waals surface area contributed by atoms with Gasteiger partial charge in [0.15, 0.2) is 0 Å². The van der Waals surface area contributed by atoms with Gasteiger partial charge in [0.2, 0.25) is 0 Å². The van der Waals surface area contributed by atoms with E-state index < -0.39 is 0 Å². The first-order valence-electron chi connectivity index (χ1n) is 7.38. The molecule has 20 heavy (non-hydrogen) atoms. The molecule has 0 fully saturated rings. The average molecular weight is 287 g/mol. The molecule has 1 aromatic heterocycles. The van der Waals surface area contributed by atoms with Crippen LogP contribution in [0.25, 0.3) is 0 Å². The van der Waals surface area contributed by atoms with Crippen LogP contribution in [0, 0.1) is 27.7 Å². The standard InChI is InChI=1S/C18H25NS/c1-6-7-19-18(16-11-20-10-15(16)5)17-13(3)8-12(2)9-14(17)4/h8-11,18-19H,6-7H2,1-5H3. The summed E-state index contributed by atoms with van der Waals surface area (Å²) in [5.41, 5.74) is 8.40. The minimum Gasteiger partial charge on any atom is -0.306 e. The lowest BCUT2D eigenvalue weighted by Gasteiger charge is -2.24. The summed E-state index contributed by atoms with van der Waals surface area (Å²) in [7, 11) is 0. The molecule has 0 aliphatic rings. The highest BCUT2D eigenvalue weighted by Gasteiger charge is 2.20. The van der Waals surface area contributed by atoms with Crippen LogP contribution in [0.2, 0.25) is 0 Å². The van der Waals surface area contributed by atoms with Gasteiger partial charge in [-0.2, -0.15) is 11.3 Å². The van der Waals surface area contributed by atoms with Crippen LogP contribution in [-0.4, -0.2) is 6.54 Å². The molecule has 0 bridgehead atoms. The lowest BCUT2D eigenvalue weighted by atomic mass is 9.89. The first kappa shape index (κ1) is 15.3. The van der Waals surface area contributed by atoms with Gasteiger partial charge in [-0.25, -0.2) is 0 Å². The highest BCUT2D eigenvalue weighted by atomic mass is 32.1. The van der Waals surface area contributed by atoms with Crippen LogP contribution >= 0.6 is 11.3 Å². The van der Waals surface area contributed by atoms with Crippen LogP contribution in [0.4, 0.5) is 0 Å². The maximum absolute atomic E-state index is 3.74. The Hall–Kier alpha value is -1.12. The smallest absolute Gasteiger partial charge is 0.0592 e. The summed E-state index contributed by atoms with van der Waals surface area (Å²) >= 11 is 1.80. The molecule has 0 aliphatic carbocycles. The van der Waals surface area contributed by atoms with E-state index in [0.29, 0.717) is 6.04 Å². The topological polar surface area (TPSA) is 12.0 Å². The molecule has 0 spiro atoms. The summed E-state index contributed by atoms with van der Waals surface area (Å²) in [5, 5.41) is 8.27. The molecular formula is C18H25NS. The van der Waals surface area contributed by atoms with Gasteiger partial charge in [0, 0.05) is 0 Å². The van der Waals surface area contributed by atoms with Gasteiger partial charge in [-0.3, -0.25) is 0 Å². The maximum Gasteiger partial charge on any atom is 0.0592 e. The Morgan fingerprint density at radius 3 is 2.15 bits per heavy atom. The fraction of sp³-hybridized carbons (Fsp3) is 0.444. The molecule has 2 heteroatoms. The fourth-order valence-electron chi connectivity index (χ4n) is 2.97. The molecule has 2 rings (SSSR count). The summed E-state index contributed by atoms with van der Waals surface area (Å²) in [6, 6.07) is 4.91. The molecule has 1 N–H and O–H groups in total. The van der Waals surface area contributed by atoms with Crippen molar-refractivity contribution < 1.29 is 0 Å². The highest BCUT2D eigenvalue weighted by molar-refractivity contribution is 7.08. The molecule has 1 nitrogen and oxygen atoms in total. The number of hydrogen-bond acceptors (Lipinski definition) is 2. The zero-order chi connectivity index (χ0) is 14.7. The van der Waals surface area contributed by atoms with Crippen LogP contribution in [-0.2, 0) is 0 Å². The van der Waals surface area contributed by atoms with Crippen LogP contribution in [0.15, 0.2) is 22.9 Å².